The van der Waals surface area contributed by atoms with Gasteiger partial charge in [-0.15, -0.1) is 0 Å². The van der Waals surface area contributed by atoms with Crippen molar-refractivity contribution in [2.24, 2.45) is 0 Å². The summed E-state index contributed by atoms with van der Waals surface area (Å²) in [4.78, 5) is 0. The van der Waals surface area contributed by atoms with Gasteiger partial charge in [-0.3, -0.25) is 0 Å². The van der Waals surface area contributed by atoms with Crippen LogP contribution in [0, 0.1) is 6.92 Å². The fourth-order valence-electron chi connectivity index (χ4n) is 2.55. The van der Waals surface area contributed by atoms with Gasteiger partial charge in [0.2, 0.25) is 0 Å². The summed E-state index contributed by atoms with van der Waals surface area (Å²) < 4.78 is 0. The van der Waals surface area contributed by atoms with Gasteiger partial charge in [-0.1, -0.05) is 56.9 Å². The molecule has 1 rings (SSSR count). The smallest absolute Gasteiger partial charge is 0.0296 e. The molecule has 0 saturated carbocycles. The molecule has 0 radical (unpaired) electrons. The zero-order chi connectivity index (χ0) is 13.4. The third kappa shape index (κ3) is 5.22. The Labute approximate surface area is 113 Å². The highest BCUT2D eigenvalue weighted by atomic mass is 14.9. The Bertz CT molecular complexity index is 332. The van der Waals surface area contributed by atoms with E-state index in [9.17, 15) is 0 Å². The minimum Gasteiger partial charge on any atom is -0.308 e. The van der Waals surface area contributed by atoms with Crippen LogP contribution in [0.1, 0.15) is 70.0 Å². The highest BCUT2D eigenvalue weighted by Crippen LogP contribution is 2.18. The van der Waals surface area contributed by atoms with E-state index in [1.807, 2.05) is 0 Å². The van der Waals surface area contributed by atoms with E-state index in [4.69, 9.17) is 0 Å². The van der Waals surface area contributed by atoms with Gasteiger partial charge in [0, 0.05) is 12.1 Å². The van der Waals surface area contributed by atoms with E-state index < -0.39 is 0 Å². The number of benzene rings is 1. The second-order valence-corrected chi connectivity index (χ2v) is 5.50. The predicted octanol–water partition coefficient (Wildman–Crippen LogP) is 5.00. The number of aryl methyl sites for hydroxylation is 1. The van der Waals surface area contributed by atoms with Crippen molar-refractivity contribution >= 4 is 0 Å². The lowest BCUT2D eigenvalue weighted by Gasteiger charge is -2.21. The van der Waals surface area contributed by atoms with E-state index in [0.717, 1.165) is 0 Å². The van der Waals surface area contributed by atoms with E-state index in [1.54, 1.807) is 0 Å². The first kappa shape index (κ1) is 15.2. The van der Waals surface area contributed by atoms with E-state index in [0.29, 0.717) is 12.1 Å². The summed E-state index contributed by atoms with van der Waals surface area (Å²) in [6.07, 6.45) is 6.71. The molecule has 0 heterocycles. The molecule has 102 valence electrons. The Hall–Kier alpha value is -0.820. The van der Waals surface area contributed by atoms with E-state index in [2.05, 4.69) is 57.3 Å². The van der Waals surface area contributed by atoms with Crippen LogP contribution in [0.3, 0.4) is 0 Å². The normalized spacial score (nSPS) is 14.4. The molecular weight excluding hydrogens is 218 g/mol. The van der Waals surface area contributed by atoms with E-state index >= 15 is 0 Å². The Balaban J connectivity index is 2.35. The quantitative estimate of drug-likeness (QED) is 0.637. The molecule has 0 bridgehead atoms. The van der Waals surface area contributed by atoms with Crippen molar-refractivity contribution in [2.45, 2.75) is 71.9 Å². The van der Waals surface area contributed by atoms with Gasteiger partial charge >= 0.3 is 0 Å². The summed E-state index contributed by atoms with van der Waals surface area (Å²) in [5.41, 5.74) is 2.81. The van der Waals surface area contributed by atoms with Crippen molar-refractivity contribution < 1.29 is 0 Å². The molecule has 1 nitrogen and oxygen atoms in total. The first-order valence-corrected chi connectivity index (χ1v) is 7.46. The molecule has 1 unspecified atom stereocenters. The summed E-state index contributed by atoms with van der Waals surface area (Å²) >= 11 is 0. The summed E-state index contributed by atoms with van der Waals surface area (Å²) in [5, 5.41) is 3.71. The van der Waals surface area contributed by atoms with Crippen LogP contribution >= 0.6 is 0 Å². The first-order chi connectivity index (χ1) is 8.65. The molecule has 0 spiro atoms. The molecule has 18 heavy (non-hydrogen) atoms. The SMILES string of the molecule is CCCCCCC(C)N[C@H](C)c1ccccc1C. The fraction of sp³-hybridized carbons (Fsp3) is 0.647. The second-order valence-electron chi connectivity index (χ2n) is 5.50. The Morgan fingerprint density at radius 1 is 1.06 bits per heavy atom. The van der Waals surface area contributed by atoms with Gasteiger partial charge in [0.25, 0.3) is 0 Å². The average molecular weight is 247 g/mol. The summed E-state index contributed by atoms with van der Waals surface area (Å²) in [5.74, 6) is 0. The molecule has 0 amide bonds. The van der Waals surface area contributed by atoms with Gasteiger partial charge in [0.15, 0.2) is 0 Å². The lowest BCUT2D eigenvalue weighted by molar-refractivity contribution is 0.437. The van der Waals surface area contributed by atoms with Gasteiger partial charge < -0.3 is 5.32 Å². The highest BCUT2D eigenvalue weighted by molar-refractivity contribution is 5.28. The molecular formula is C17H29N. The summed E-state index contributed by atoms with van der Waals surface area (Å²) in [7, 11) is 0. The lowest BCUT2D eigenvalue weighted by atomic mass is 10.0. The van der Waals surface area contributed by atoms with Crippen LogP contribution in [0.2, 0.25) is 0 Å². The van der Waals surface area contributed by atoms with Crippen LogP contribution in [0.25, 0.3) is 0 Å². The van der Waals surface area contributed by atoms with Crippen molar-refractivity contribution in [1.29, 1.82) is 0 Å². The highest BCUT2D eigenvalue weighted by Gasteiger charge is 2.10. The molecule has 0 aliphatic heterocycles. The predicted molar refractivity (Wildman–Crippen MR) is 81.0 cm³/mol. The minimum atomic E-state index is 0.451. The largest absolute Gasteiger partial charge is 0.308 e. The standard InChI is InChI=1S/C17H29N/c1-5-6-7-8-12-15(3)18-16(4)17-13-10-9-11-14(17)2/h9-11,13,15-16,18H,5-8,12H2,1-4H3/t15?,16-/m1/s1. The number of hydrogen-bond donors (Lipinski definition) is 1. The van der Waals surface area contributed by atoms with Gasteiger partial charge in [-0.25, -0.2) is 0 Å². The molecule has 0 aromatic heterocycles. The molecule has 1 N–H and O–H groups in total. The second kappa shape index (κ2) is 8.31. The van der Waals surface area contributed by atoms with Crippen LogP contribution in [-0.2, 0) is 0 Å². The molecule has 0 fully saturated rings. The van der Waals surface area contributed by atoms with Crippen LogP contribution < -0.4 is 5.32 Å². The lowest BCUT2D eigenvalue weighted by Crippen LogP contribution is -2.29. The maximum absolute atomic E-state index is 3.71. The van der Waals surface area contributed by atoms with Crippen molar-refractivity contribution in [3.63, 3.8) is 0 Å². The molecule has 0 aliphatic rings. The first-order valence-electron chi connectivity index (χ1n) is 7.46. The molecule has 2 atom stereocenters. The van der Waals surface area contributed by atoms with Gasteiger partial charge in [-0.05, 0) is 38.3 Å². The van der Waals surface area contributed by atoms with Crippen LogP contribution in [-0.4, -0.2) is 6.04 Å². The average Bonchev–Trinajstić information content (AvgIpc) is 2.35. The summed E-state index contributed by atoms with van der Waals surface area (Å²) in [6, 6.07) is 9.73. The monoisotopic (exact) mass is 247 g/mol. The number of hydrogen-bond acceptors (Lipinski definition) is 1. The Morgan fingerprint density at radius 2 is 1.78 bits per heavy atom. The van der Waals surface area contributed by atoms with Gasteiger partial charge in [0.05, 0.1) is 0 Å². The topological polar surface area (TPSA) is 12.0 Å². The van der Waals surface area contributed by atoms with E-state index in [-0.39, 0.29) is 0 Å². The Kier molecular flexibility index (Phi) is 7.04. The zero-order valence-electron chi connectivity index (χ0n) is 12.5. The number of rotatable bonds is 8. The maximum atomic E-state index is 3.71. The molecule has 1 heteroatoms. The fourth-order valence-corrected chi connectivity index (χ4v) is 2.55. The van der Waals surface area contributed by atoms with Crippen LogP contribution in [0.5, 0.6) is 0 Å². The number of unbranched alkanes of at least 4 members (excludes halogenated alkanes) is 3. The van der Waals surface area contributed by atoms with Crippen LogP contribution in [0.4, 0.5) is 0 Å². The van der Waals surface area contributed by atoms with Crippen molar-refractivity contribution in [1.82, 2.24) is 5.32 Å². The zero-order valence-corrected chi connectivity index (χ0v) is 12.5. The molecule has 1 aromatic rings. The molecule has 0 aliphatic carbocycles. The van der Waals surface area contributed by atoms with Crippen molar-refractivity contribution in [3.05, 3.63) is 35.4 Å². The third-order valence-electron chi connectivity index (χ3n) is 3.68. The summed E-state index contributed by atoms with van der Waals surface area (Å²) in [6.45, 7) is 9.03. The van der Waals surface area contributed by atoms with Crippen LogP contribution in [0.15, 0.2) is 24.3 Å². The van der Waals surface area contributed by atoms with Crippen molar-refractivity contribution in [3.8, 4) is 0 Å². The van der Waals surface area contributed by atoms with Crippen molar-refractivity contribution in [2.75, 3.05) is 0 Å². The third-order valence-corrected chi connectivity index (χ3v) is 3.68. The number of nitrogens with one attached hydrogen (secondary N) is 1. The van der Waals surface area contributed by atoms with Gasteiger partial charge in [-0.2, -0.15) is 0 Å². The van der Waals surface area contributed by atoms with Gasteiger partial charge in [0.1, 0.15) is 0 Å². The van der Waals surface area contributed by atoms with E-state index in [1.165, 1.54) is 43.2 Å². The molecule has 0 saturated heterocycles. The Morgan fingerprint density at radius 3 is 2.44 bits per heavy atom. The maximum Gasteiger partial charge on any atom is 0.0296 e. The molecule has 1 aromatic carbocycles. The minimum absolute atomic E-state index is 0.451.